The molecule has 9 aliphatic rings. The van der Waals surface area contributed by atoms with Crippen molar-refractivity contribution in [3.63, 3.8) is 0 Å². The van der Waals surface area contributed by atoms with Gasteiger partial charge < -0.3 is 66.7 Å². The van der Waals surface area contributed by atoms with Crippen molar-refractivity contribution >= 4 is 40.0 Å². The number of carbonyl (C=O) groups is 5. The second kappa shape index (κ2) is 34.5. The molecule has 8 aromatic carbocycles. The van der Waals surface area contributed by atoms with E-state index in [0.29, 0.717) is 48.6 Å². The average Bonchev–Trinajstić information content (AvgIpc) is 1.60. The number of amides is 1. The van der Waals surface area contributed by atoms with E-state index in [9.17, 15) is 24.0 Å². The summed E-state index contributed by atoms with van der Waals surface area (Å²) in [6, 6.07) is 71.9. The molecule has 126 heavy (non-hydrogen) atoms. The number of aromatic nitrogens is 4. The summed E-state index contributed by atoms with van der Waals surface area (Å²) in [5.74, 6) is 9.68. The van der Waals surface area contributed by atoms with Crippen molar-refractivity contribution in [3.05, 3.63) is 293 Å². The first-order chi connectivity index (χ1) is 61.5. The molecule has 22 rings (SSSR count). The summed E-state index contributed by atoms with van der Waals surface area (Å²) in [7, 11) is 7.19. The molecule has 23 nitrogen and oxygen atoms in total. The lowest BCUT2D eigenvalue weighted by Gasteiger charge is -2.15. The number of furan rings is 1. The average molecular weight is 1690 g/mol. The van der Waals surface area contributed by atoms with E-state index in [-0.39, 0.29) is 64.1 Å². The van der Waals surface area contributed by atoms with Crippen LogP contribution in [0.2, 0.25) is 0 Å². The number of pyridine rings is 4. The highest BCUT2D eigenvalue weighted by molar-refractivity contribution is 5.98. The van der Waals surface area contributed by atoms with Crippen LogP contribution in [0.15, 0.2) is 241 Å². The molecular formula is C103H94N6O17. The molecule has 0 bridgehead atoms. The molecule has 4 fully saturated rings. The number of ketones is 4. The van der Waals surface area contributed by atoms with Crippen LogP contribution in [0.5, 0.6) is 63.2 Å². The molecule has 0 spiro atoms. The Morgan fingerprint density at radius 3 is 1.30 bits per heavy atom. The van der Waals surface area contributed by atoms with Crippen LogP contribution in [-0.4, -0.2) is 129 Å². The van der Waals surface area contributed by atoms with Gasteiger partial charge in [0.05, 0.1) is 53.9 Å². The minimum absolute atomic E-state index is 0. The highest BCUT2D eigenvalue weighted by atomic mass is 16.7. The molecule has 23 heteroatoms. The standard InChI is InChI=1S/C28H29N3O4.C25H23NO5.C25H21NO4.C25H19NO4.H2/c1-31(2)15-14-29-27(33)20-8-6-19(7-9-20)23-5-3-4-22(30-23)17-26(32)28(12-13-28)21-10-11-24-25(16-21)35-18-34-24;1-28-19-6-7-20(22(13-19)29-2)16-3-5-18(26-14-16)12-24(27)25(9-10-25)17-4-8-21-23(11-17)31-15-30-21;27-24(25(9-10-25)18-5-7-22-23(13-18)30-15-29-22)14-19-2-1-3-20(26-19)16-4-6-21-17(12-16)8-11-28-21;27-24(25(9-10-25)18-6-8-21-23(12-18)29-15-28-21)13-19-7-5-17(14-26-19)22-11-16-3-1-2-4-20(16)30-22;/h3-11,16H,12-15,17-18H2,1-2H3,(H,29,33);3-8,11,13-14H,9-10,12,15H2,1-2H3;1-7,12-13H,8-11,14-15H2;1-8,11-12,14H,9-10,13,15H2;1H. The van der Waals surface area contributed by atoms with E-state index >= 15 is 0 Å². The maximum absolute atomic E-state index is 13.3. The van der Waals surface area contributed by atoms with Gasteiger partial charge in [-0.25, -0.2) is 0 Å². The SMILES string of the molecule is CN(C)CCNC(=O)c1ccc(-c2cccc(CC(=O)C3(c4ccc5c(c4)OCO5)CC3)n2)cc1.COc1ccc(-c2ccc(CC(=O)C3(c4ccc5c(c4)OCO5)CC3)nc2)c(OC)c1.O=C(Cc1ccc(-c2cc3ccccc3o2)cn1)C1(c2ccc3c(c2)OCO3)CC1.O=C(Cc1cccc(-c2ccc3c(c2)CCO3)n1)C1(c2ccc3c(c2)OCO3)CC1.[HH]. The first-order valence-electron chi connectivity index (χ1n) is 42.6. The van der Waals surface area contributed by atoms with E-state index in [0.717, 1.165) is 218 Å². The number of likely N-dealkylation sites (N-methyl/N-ethyl adjacent to an activating group) is 1. The van der Waals surface area contributed by atoms with Gasteiger partial charge in [0.25, 0.3) is 5.91 Å². The molecule has 13 aromatic rings. The van der Waals surface area contributed by atoms with Crippen molar-refractivity contribution in [2.24, 2.45) is 0 Å². The zero-order valence-electron chi connectivity index (χ0n) is 70.3. The summed E-state index contributed by atoms with van der Waals surface area (Å²) in [4.78, 5) is 85.9. The van der Waals surface area contributed by atoms with Gasteiger partial charge >= 0.3 is 0 Å². The first-order valence-corrected chi connectivity index (χ1v) is 42.6. The number of Topliss-reactive ketones (excluding diaryl/α,β-unsaturated/α-hetero) is 4. The van der Waals surface area contributed by atoms with E-state index in [1.807, 2.05) is 225 Å². The van der Waals surface area contributed by atoms with Crippen LogP contribution in [0.4, 0.5) is 0 Å². The number of rotatable bonds is 26. The van der Waals surface area contributed by atoms with Crippen LogP contribution in [0.1, 0.15) is 114 Å². The maximum atomic E-state index is 13.3. The lowest BCUT2D eigenvalue weighted by molar-refractivity contribution is -0.121. The Bertz CT molecular complexity index is 6320. The largest absolute Gasteiger partial charge is 0.497 e. The summed E-state index contributed by atoms with van der Waals surface area (Å²) in [5, 5.41) is 3.98. The molecule has 1 amide bonds. The third-order valence-electron chi connectivity index (χ3n) is 25.2. The summed E-state index contributed by atoms with van der Waals surface area (Å²) < 4.78 is 65.8. The number of hydrogen-bond acceptors (Lipinski definition) is 22. The lowest BCUT2D eigenvalue weighted by atomic mass is 9.88. The molecule has 0 radical (unpaired) electrons. The number of benzene rings is 8. The molecule has 10 heterocycles. The fraction of sp³-hybridized carbons (Fsp3) is 0.272. The van der Waals surface area contributed by atoms with E-state index in [2.05, 4.69) is 21.4 Å². The highest BCUT2D eigenvalue weighted by Gasteiger charge is 2.54. The minimum Gasteiger partial charge on any atom is -0.497 e. The molecule has 0 atom stereocenters. The molecule has 1 N–H and O–H groups in total. The summed E-state index contributed by atoms with van der Waals surface area (Å²) in [6.45, 7) is 3.05. The number of nitrogens with one attached hydrogen (secondary N) is 1. The second-order valence-corrected chi connectivity index (χ2v) is 33.4. The predicted molar refractivity (Wildman–Crippen MR) is 473 cm³/mol. The quantitative estimate of drug-likeness (QED) is 0.0528. The van der Waals surface area contributed by atoms with Gasteiger partial charge in [-0.15, -0.1) is 0 Å². The zero-order valence-corrected chi connectivity index (χ0v) is 70.3. The van der Waals surface area contributed by atoms with Gasteiger partial charge in [0.2, 0.25) is 27.2 Å². The van der Waals surface area contributed by atoms with Gasteiger partial charge in [0.1, 0.15) is 51.7 Å². The van der Waals surface area contributed by atoms with Gasteiger partial charge in [0, 0.05) is 127 Å². The van der Waals surface area contributed by atoms with Gasteiger partial charge in [-0.1, -0.05) is 72.8 Å². The smallest absolute Gasteiger partial charge is 0.251 e. The molecule has 4 aliphatic carbocycles. The number of nitrogens with zero attached hydrogens (tertiary/aromatic N) is 5. The van der Waals surface area contributed by atoms with E-state index in [4.69, 9.17) is 66.5 Å². The van der Waals surface area contributed by atoms with Crippen LogP contribution in [0, 0.1) is 0 Å². The number of fused-ring (bicyclic) bond motifs is 6. The highest BCUT2D eigenvalue weighted by Crippen LogP contribution is 2.56. The van der Waals surface area contributed by atoms with Crippen molar-refractivity contribution in [3.8, 4) is 108 Å². The number of carbonyl (C=O) groups excluding carboxylic acids is 5. The molecule has 4 saturated carbocycles. The lowest BCUT2D eigenvalue weighted by Crippen LogP contribution is -2.31. The first kappa shape index (κ1) is 81.5. The van der Waals surface area contributed by atoms with Crippen LogP contribution in [0.25, 0.3) is 55.9 Å². The number of hydrogen-bond donors (Lipinski definition) is 1. The number of para-hydroxylation sites is 1. The van der Waals surface area contributed by atoms with Gasteiger partial charge in [-0.2, -0.15) is 0 Å². The van der Waals surface area contributed by atoms with Gasteiger partial charge in [-0.3, -0.25) is 43.9 Å². The maximum Gasteiger partial charge on any atom is 0.251 e. The Morgan fingerprint density at radius 2 is 0.849 bits per heavy atom. The van der Waals surface area contributed by atoms with E-state index in [1.165, 1.54) is 5.56 Å². The summed E-state index contributed by atoms with van der Waals surface area (Å²) in [5.41, 5.74) is 14.4. The third kappa shape index (κ3) is 17.0. The van der Waals surface area contributed by atoms with Crippen molar-refractivity contribution < 1.29 is 81.9 Å². The van der Waals surface area contributed by atoms with Crippen molar-refractivity contribution in [1.29, 1.82) is 0 Å². The van der Waals surface area contributed by atoms with Crippen LogP contribution >= 0.6 is 0 Å². The number of methoxy groups -OCH3 is 2. The molecule has 5 aromatic heterocycles. The van der Waals surface area contributed by atoms with E-state index < -0.39 is 21.7 Å². The van der Waals surface area contributed by atoms with Crippen LogP contribution in [-0.2, 0) is 72.9 Å². The van der Waals surface area contributed by atoms with Crippen LogP contribution in [0.3, 0.4) is 0 Å². The topological polar surface area (TPSA) is 267 Å². The van der Waals surface area contributed by atoms with Gasteiger partial charge in [0.15, 0.2) is 46.0 Å². The van der Waals surface area contributed by atoms with Crippen molar-refractivity contribution in [2.45, 2.75) is 105 Å². The van der Waals surface area contributed by atoms with Crippen molar-refractivity contribution in [2.75, 3.05) is 75.2 Å². The number of ether oxygens (including phenoxy) is 11. The molecule has 0 saturated heterocycles. The molecular weight excluding hydrogens is 1590 g/mol. The Kier molecular flexibility index (Phi) is 22.3. The van der Waals surface area contributed by atoms with E-state index in [1.54, 1.807) is 38.7 Å². The van der Waals surface area contributed by atoms with Crippen molar-refractivity contribution in [1.82, 2.24) is 30.2 Å². The molecule has 638 valence electrons. The normalized spacial score (nSPS) is 15.9. The summed E-state index contributed by atoms with van der Waals surface area (Å²) in [6.07, 6.45) is 12.6. The molecule has 5 aliphatic heterocycles. The van der Waals surface area contributed by atoms with Crippen LogP contribution < -0.4 is 57.4 Å². The second-order valence-electron chi connectivity index (χ2n) is 33.4. The summed E-state index contributed by atoms with van der Waals surface area (Å²) >= 11 is 0. The Labute approximate surface area is 729 Å². The monoisotopic (exact) mass is 1690 g/mol. The Hall–Kier alpha value is -14.2. The zero-order chi connectivity index (χ0) is 86.1. The predicted octanol–water partition coefficient (Wildman–Crippen LogP) is 17.5. The Balaban J connectivity index is 0.000000114. The Morgan fingerprint density at radius 1 is 0.405 bits per heavy atom. The van der Waals surface area contributed by atoms with Gasteiger partial charge in [-0.05, 0) is 239 Å². The fourth-order valence-electron chi connectivity index (χ4n) is 17.2. The third-order valence-corrected chi connectivity index (χ3v) is 25.2. The minimum atomic E-state index is -0.458. The fourth-order valence-corrected chi connectivity index (χ4v) is 17.2. The molecule has 0 unspecified atom stereocenters.